The van der Waals surface area contributed by atoms with E-state index in [4.69, 9.17) is 9.47 Å². The molecule has 0 saturated carbocycles. The summed E-state index contributed by atoms with van der Waals surface area (Å²) in [5, 5.41) is 10.8. The van der Waals surface area contributed by atoms with Crippen LogP contribution in [0.15, 0.2) is 53.4 Å². The van der Waals surface area contributed by atoms with Crippen molar-refractivity contribution in [3.8, 4) is 5.75 Å². The SMILES string of the molecule is CSc1ccc(COC(=O)COc2ccccc2[N+](=O)[O-])cc1. The number of benzene rings is 2. The molecule has 7 heteroatoms. The molecular formula is C16H15NO5S. The average Bonchev–Trinajstić information content (AvgIpc) is 2.58. The van der Waals surface area contributed by atoms with E-state index in [1.165, 1.54) is 18.2 Å². The highest BCUT2D eigenvalue weighted by Crippen LogP contribution is 2.25. The summed E-state index contributed by atoms with van der Waals surface area (Å²) in [5.41, 5.74) is 0.676. The van der Waals surface area contributed by atoms with Gasteiger partial charge in [-0.2, -0.15) is 0 Å². The molecular weight excluding hydrogens is 318 g/mol. The Labute approximate surface area is 137 Å². The quantitative estimate of drug-likeness (QED) is 0.334. The number of rotatable bonds is 7. The lowest BCUT2D eigenvalue weighted by atomic mass is 10.2. The van der Waals surface area contributed by atoms with Gasteiger partial charge in [-0.05, 0) is 30.0 Å². The average molecular weight is 333 g/mol. The minimum Gasteiger partial charge on any atom is -0.475 e. The Morgan fingerprint density at radius 1 is 1.17 bits per heavy atom. The first-order valence-electron chi connectivity index (χ1n) is 6.75. The summed E-state index contributed by atoms with van der Waals surface area (Å²) < 4.78 is 10.2. The van der Waals surface area contributed by atoms with E-state index in [2.05, 4.69) is 0 Å². The summed E-state index contributed by atoms with van der Waals surface area (Å²) in [6, 6.07) is 13.5. The first kappa shape index (κ1) is 16.8. The molecule has 23 heavy (non-hydrogen) atoms. The van der Waals surface area contributed by atoms with E-state index in [1.54, 1.807) is 17.8 Å². The first-order valence-corrected chi connectivity index (χ1v) is 7.97. The number of nitro groups is 1. The van der Waals surface area contributed by atoms with E-state index in [9.17, 15) is 14.9 Å². The number of hydrogen-bond donors (Lipinski definition) is 0. The molecule has 0 saturated heterocycles. The molecule has 2 aromatic rings. The molecule has 0 aromatic heterocycles. The van der Waals surface area contributed by atoms with Crippen molar-refractivity contribution in [1.29, 1.82) is 0 Å². The van der Waals surface area contributed by atoms with Gasteiger partial charge in [0, 0.05) is 11.0 Å². The maximum atomic E-state index is 11.7. The predicted octanol–water partition coefficient (Wildman–Crippen LogP) is 3.44. The highest BCUT2D eigenvalue weighted by Gasteiger charge is 2.15. The van der Waals surface area contributed by atoms with Gasteiger partial charge < -0.3 is 9.47 Å². The molecule has 0 heterocycles. The van der Waals surface area contributed by atoms with E-state index in [0.717, 1.165) is 10.5 Å². The highest BCUT2D eigenvalue weighted by molar-refractivity contribution is 7.98. The minimum atomic E-state index is -0.586. The lowest BCUT2D eigenvalue weighted by Crippen LogP contribution is -2.15. The Bertz CT molecular complexity index is 687. The highest BCUT2D eigenvalue weighted by atomic mass is 32.2. The van der Waals surface area contributed by atoms with Crippen molar-refractivity contribution in [2.75, 3.05) is 12.9 Å². The van der Waals surface area contributed by atoms with E-state index in [-0.39, 0.29) is 24.7 Å². The summed E-state index contributed by atoms with van der Waals surface area (Å²) >= 11 is 1.63. The number of carbonyl (C=O) groups is 1. The molecule has 0 bridgehead atoms. The van der Waals surface area contributed by atoms with Crippen LogP contribution >= 0.6 is 11.8 Å². The Balaban J connectivity index is 1.84. The molecule has 0 unspecified atom stereocenters. The summed E-state index contributed by atoms with van der Waals surface area (Å²) in [7, 11) is 0. The van der Waals surface area contributed by atoms with Crippen molar-refractivity contribution in [2.24, 2.45) is 0 Å². The lowest BCUT2D eigenvalue weighted by Gasteiger charge is -2.07. The summed E-state index contributed by atoms with van der Waals surface area (Å²) in [6.45, 7) is -0.249. The molecule has 0 aliphatic carbocycles. The predicted molar refractivity (Wildman–Crippen MR) is 86.6 cm³/mol. The third-order valence-corrected chi connectivity index (χ3v) is 3.71. The molecule has 2 rings (SSSR count). The van der Waals surface area contributed by atoms with Crippen molar-refractivity contribution in [3.63, 3.8) is 0 Å². The smallest absolute Gasteiger partial charge is 0.344 e. The number of esters is 1. The molecule has 2 aromatic carbocycles. The Morgan fingerprint density at radius 3 is 2.52 bits per heavy atom. The molecule has 0 spiro atoms. The van der Waals surface area contributed by atoms with Crippen LogP contribution in [0.4, 0.5) is 5.69 Å². The van der Waals surface area contributed by atoms with Gasteiger partial charge >= 0.3 is 11.7 Å². The molecule has 6 nitrogen and oxygen atoms in total. The van der Waals surface area contributed by atoms with Gasteiger partial charge in [0.05, 0.1) is 4.92 Å². The molecule has 0 amide bonds. The zero-order chi connectivity index (χ0) is 16.7. The van der Waals surface area contributed by atoms with Crippen molar-refractivity contribution >= 4 is 23.4 Å². The maximum absolute atomic E-state index is 11.7. The van der Waals surface area contributed by atoms with Crippen LogP contribution in [-0.4, -0.2) is 23.8 Å². The van der Waals surface area contributed by atoms with E-state index >= 15 is 0 Å². The molecule has 0 radical (unpaired) electrons. The summed E-state index contributed by atoms with van der Waals surface area (Å²) in [6.07, 6.45) is 1.98. The number of ether oxygens (including phenoxy) is 2. The third kappa shape index (κ3) is 5.00. The zero-order valence-corrected chi connectivity index (χ0v) is 13.2. The molecule has 0 aliphatic heterocycles. The number of thioether (sulfide) groups is 1. The van der Waals surface area contributed by atoms with Crippen LogP contribution < -0.4 is 4.74 Å². The Kier molecular flexibility index (Phi) is 5.99. The van der Waals surface area contributed by atoms with Crippen LogP contribution in [0.5, 0.6) is 5.75 Å². The molecule has 0 atom stereocenters. The topological polar surface area (TPSA) is 78.7 Å². The molecule has 120 valence electrons. The van der Waals surface area contributed by atoms with Crippen molar-refractivity contribution in [1.82, 2.24) is 0 Å². The Hall–Kier alpha value is -2.54. The second kappa shape index (κ2) is 8.19. The largest absolute Gasteiger partial charge is 0.475 e. The van der Waals surface area contributed by atoms with Gasteiger partial charge in [0.2, 0.25) is 0 Å². The van der Waals surface area contributed by atoms with Gasteiger partial charge in [0.15, 0.2) is 12.4 Å². The normalized spacial score (nSPS) is 10.1. The van der Waals surface area contributed by atoms with E-state index < -0.39 is 10.9 Å². The van der Waals surface area contributed by atoms with Gasteiger partial charge in [-0.25, -0.2) is 4.79 Å². The number of carbonyl (C=O) groups excluding carboxylic acids is 1. The van der Waals surface area contributed by atoms with E-state index in [0.29, 0.717) is 0 Å². The van der Waals surface area contributed by atoms with Gasteiger partial charge in [-0.15, -0.1) is 11.8 Å². The second-order valence-electron chi connectivity index (χ2n) is 4.52. The number of para-hydroxylation sites is 2. The minimum absolute atomic E-state index is 0.0405. The number of nitro benzene ring substituents is 1. The fraction of sp³-hybridized carbons (Fsp3) is 0.188. The zero-order valence-electron chi connectivity index (χ0n) is 12.4. The van der Waals surface area contributed by atoms with Crippen LogP contribution in [-0.2, 0) is 16.1 Å². The van der Waals surface area contributed by atoms with Crippen molar-refractivity contribution in [2.45, 2.75) is 11.5 Å². The van der Waals surface area contributed by atoms with Gasteiger partial charge in [0.25, 0.3) is 0 Å². The van der Waals surface area contributed by atoms with Gasteiger partial charge in [-0.3, -0.25) is 10.1 Å². The number of hydrogen-bond acceptors (Lipinski definition) is 6. The third-order valence-electron chi connectivity index (χ3n) is 2.97. The van der Waals surface area contributed by atoms with Crippen LogP contribution in [0.1, 0.15) is 5.56 Å². The standard InChI is InChI=1S/C16H15NO5S/c1-23-13-8-6-12(7-9-13)10-22-16(18)11-21-15-5-3-2-4-14(15)17(19)20/h2-9H,10-11H2,1H3. The molecule has 0 fully saturated rings. The number of nitrogens with zero attached hydrogens (tertiary/aromatic N) is 1. The van der Waals surface area contributed by atoms with Gasteiger partial charge in [0.1, 0.15) is 6.61 Å². The van der Waals surface area contributed by atoms with Crippen molar-refractivity contribution < 1.29 is 19.2 Å². The van der Waals surface area contributed by atoms with Crippen LogP contribution in [0.3, 0.4) is 0 Å². The van der Waals surface area contributed by atoms with Crippen LogP contribution in [0, 0.1) is 10.1 Å². The second-order valence-corrected chi connectivity index (χ2v) is 5.40. The van der Waals surface area contributed by atoms with Crippen LogP contribution in [0.25, 0.3) is 0 Å². The molecule has 0 N–H and O–H groups in total. The molecule has 0 aliphatic rings. The van der Waals surface area contributed by atoms with E-state index in [1.807, 2.05) is 30.5 Å². The summed E-state index contributed by atoms with van der Waals surface area (Å²) in [5.74, 6) is -0.545. The monoisotopic (exact) mass is 333 g/mol. The van der Waals surface area contributed by atoms with Crippen LogP contribution in [0.2, 0.25) is 0 Å². The fourth-order valence-corrected chi connectivity index (χ4v) is 2.20. The first-order chi connectivity index (χ1) is 11.1. The summed E-state index contributed by atoms with van der Waals surface area (Å²) in [4.78, 5) is 23.1. The lowest BCUT2D eigenvalue weighted by molar-refractivity contribution is -0.385. The van der Waals surface area contributed by atoms with Gasteiger partial charge in [-0.1, -0.05) is 24.3 Å². The Morgan fingerprint density at radius 2 is 1.87 bits per heavy atom. The fourth-order valence-electron chi connectivity index (χ4n) is 1.79. The maximum Gasteiger partial charge on any atom is 0.344 e. The van der Waals surface area contributed by atoms with Crippen molar-refractivity contribution in [3.05, 3.63) is 64.2 Å².